The number of ether oxygens (including phenoxy) is 1. The zero-order chi connectivity index (χ0) is 21.6. The van der Waals surface area contributed by atoms with Crippen LogP contribution in [0.25, 0.3) is 0 Å². The fourth-order valence-corrected chi connectivity index (χ4v) is 3.52. The first-order valence-corrected chi connectivity index (χ1v) is 8.97. The van der Waals surface area contributed by atoms with E-state index in [1.54, 1.807) is 25.4 Å². The van der Waals surface area contributed by atoms with Crippen LogP contribution in [0.15, 0.2) is 24.4 Å². The number of likely N-dealkylation sites (tertiary alicyclic amines) is 2. The molecule has 2 aliphatic heterocycles. The smallest absolute Gasteiger partial charge is 0.475 e. The number of carbonyl (C=O) groups is 3. The molecule has 2 aliphatic rings. The average Bonchev–Trinajstić information content (AvgIpc) is 3.11. The van der Waals surface area contributed by atoms with Gasteiger partial charge in [0, 0.05) is 32.8 Å². The highest BCUT2D eigenvalue weighted by Gasteiger charge is 2.45. The minimum Gasteiger partial charge on any atom is -0.475 e. The maximum absolute atomic E-state index is 12.6. The van der Waals surface area contributed by atoms with Gasteiger partial charge in [-0.2, -0.15) is 13.2 Å². The number of fused-ring (bicyclic) bond motifs is 1. The van der Waals surface area contributed by atoms with Crippen molar-refractivity contribution in [2.24, 2.45) is 0 Å². The van der Waals surface area contributed by atoms with Crippen LogP contribution in [0.3, 0.4) is 0 Å². The molecule has 1 aromatic rings. The van der Waals surface area contributed by atoms with Crippen LogP contribution in [0.4, 0.5) is 13.2 Å². The van der Waals surface area contributed by atoms with Gasteiger partial charge in [-0.3, -0.25) is 14.6 Å². The van der Waals surface area contributed by atoms with Crippen LogP contribution in [0, 0.1) is 0 Å². The van der Waals surface area contributed by atoms with E-state index >= 15 is 0 Å². The van der Waals surface area contributed by atoms with Crippen molar-refractivity contribution < 1.29 is 37.4 Å². The topological polar surface area (TPSA) is 100 Å². The van der Waals surface area contributed by atoms with Crippen LogP contribution >= 0.6 is 0 Å². The lowest BCUT2D eigenvalue weighted by molar-refractivity contribution is -0.192. The lowest BCUT2D eigenvalue weighted by Gasteiger charge is -2.39. The third-order valence-electron chi connectivity index (χ3n) is 4.81. The lowest BCUT2D eigenvalue weighted by atomic mass is 9.96. The Hall–Kier alpha value is -2.69. The fraction of sp³-hybridized carbons (Fsp3) is 0.556. The van der Waals surface area contributed by atoms with Crippen LogP contribution in [0.5, 0.6) is 0 Å². The predicted octanol–water partition coefficient (Wildman–Crippen LogP) is 1.57. The van der Waals surface area contributed by atoms with E-state index < -0.39 is 12.1 Å². The minimum absolute atomic E-state index is 0.0332. The highest BCUT2D eigenvalue weighted by Crippen LogP contribution is 2.32. The molecule has 11 heteroatoms. The van der Waals surface area contributed by atoms with E-state index in [4.69, 9.17) is 14.6 Å². The zero-order valence-corrected chi connectivity index (χ0v) is 15.8. The number of carbonyl (C=O) groups excluding carboxylic acids is 2. The second-order valence-electron chi connectivity index (χ2n) is 6.56. The van der Waals surface area contributed by atoms with E-state index in [-0.39, 0.29) is 23.9 Å². The van der Waals surface area contributed by atoms with Gasteiger partial charge in [0.2, 0.25) is 5.91 Å². The first kappa shape index (κ1) is 22.6. The number of amides is 2. The predicted molar refractivity (Wildman–Crippen MR) is 94.0 cm³/mol. The van der Waals surface area contributed by atoms with Crippen molar-refractivity contribution in [2.75, 3.05) is 26.8 Å². The molecular formula is C18H22F3N3O5. The molecule has 8 nitrogen and oxygen atoms in total. The van der Waals surface area contributed by atoms with Crippen molar-refractivity contribution in [2.45, 2.75) is 37.5 Å². The summed E-state index contributed by atoms with van der Waals surface area (Å²) in [5.74, 6) is -2.62. The van der Waals surface area contributed by atoms with Gasteiger partial charge in [-0.15, -0.1) is 0 Å². The van der Waals surface area contributed by atoms with Crippen molar-refractivity contribution in [3.05, 3.63) is 30.1 Å². The molecule has 0 spiro atoms. The molecule has 0 saturated carbocycles. The van der Waals surface area contributed by atoms with E-state index in [0.717, 1.165) is 12.8 Å². The van der Waals surface area contributed by atoms with Crippen molar-refractivity contribution in [1.82, 2.24) is 14.8 Å². The van der Waals surface area contributed by atoms with Crippen LogP contribution in [-0.2, 0) is 14.3 Å². The Morgan fingerprint density at radius 2 is 1.97 bits per heavy atom. The Balaban J connectivity index is 0.000000370. The molecule has 0 radical (unpaired) electrons. The van der Waals surface area contributed by atoms with Gasteiger partial charge in [-0.1, -0.05) is 6.07 Å². The zero-order valence-electron chi connectivity index (χ0n) is 15.8. The standard InChI is InChI=1S/C16H21N3O3.C2HF3O2/c1-22-11-10-18-14-7-9-19(13(14)5-6-15(18)20)16(21)12-4-2-3-8-17-12;3-2(4,5)1(6)7/h2-4,8,13-14H,5-7,9-11H2,1H3;(H,6,7)/t13-,14-;/m1./s1. The molecule has 3 heterocycles. The first-order chi connectivity index (χ1) is 13.7. The summed E-state index contributed by atoms with van der Waals surface area (Å²) in [5, 5.41) is 7.12. The highest BCUT2D eigenvalue weighted by atomic mass is 19.4. The number of hydrogen-bond acceptors (Lipinski definition) is 5. The number of carboxylic acid groups (broad SMARTS) is 1. The van der Waals surface area contributed by atoms with E-state index in [1.165, 1.54) is 0 Å². The summed E-state index contributed by atoms with van der Waals surface area (Å²) in [6.07, 6.45) is -1.38. The number of hydrogen-bond donors (Lipinski definition) is 1. The van der Waals surface area contributed by atoms with Gasteiger partial charge in [0.1, 0.15) is 5.69 Å². The third kappa shape index (κ3) is 5.66. The molecule has 0 aromatic carbocycles. The number of pyridine rings is 1. The molecule has 2 saturated heterocycles. The highest BCUT2D eigenvalue weighted by molar-refractivity contribution is 5.93. The minimum atomic E-state index is -5.08. The Kier molecular flexibility index (Phi) is 7.54. The summed E-state index contributed by atoms with van der Waals surface area (Å²) in [6.45, 7) is 1.81. The Labute approximate surface area is 165 Å². The quantitative estimate of drug-likeness (QED) is 0.798. The molecule has 29 heavy (non-hydrogen) atoms. The van der Waals surface area contributed by atoms with Gasteiger partial charge >= 0.3 is 12.1 Å². The van der Waals surface area contributed by atoms with Crippen LogP contribution in [0.2, 0.25) is 0 Å². The van der Waals surface area contributed by atoms with E-state index in [2.05, 4.69) is 4.98 Å². The number of carboxylic acids is 1. The van der Waals surface area contributed by atoms with Gasteiger partial charge in [-0.05, 0) is 25.0 Å². The molecule has 2 amide bonds. The maximum atomic E-state index is 12.6. The first-order valence-electron chi connectivity index (χ1n) is 8.97. The van der Waals surface area contributed by atoms with Gasteiger partial charge in [0.25, 0.3) is 5.91 Å². The number of aliphatic carboxylic acids is 1. The van der Waals surface area contributed by atoms with Crippen LogP contribution in [0.1, 0.15) is 29.8 Å². The van der Waals surface area contributed by atoms with Crippen molar-refractivity contribution in [3.63, 3.8) is 0 Å². The molecule has 1 N–H and O–H groups in total. The average molecular weight is 417 g/mol. The number of alkyl halides is 3. The monoisotopic (exact) mass is 417 g/mol. The molecule has 0 aliphatic carbocycles. The molecule has 3 rings (SSSR count). The SMILES string of the molecule is COCCN1C(=O)CC[C@@H]2[C@H]1CCN2C(=O)c1ccccn1.O=C(O)C(F)(F)F. The van der Waals surface area contributed by atoms with E-state index in [9.17, 15) is 22.8 Å². The third-order valence-corrected chi connectivity index (χ3v) is 4.81. The van der Waals surface area contributed by atoms with E-state index in [0.29, 0.717) is 31.8 Å². The lowest BCUT2D eigenvalue weighted by Crippen LogP contribution is -2.54. The van der Waals surface area contributed by atoms with Gasteiger partial charge in [0.15, 0.2) is 0 Å². The number of methoxy groups -OCH3 is 1. The second kappa shape index (κ2) is 9.68. The van der Waals surface area contributed by atoms with Gasteiger partial charge in [0.05, 0.1) is 18.7 Å². The molecule has 2 fully saturated rings. The van der Waals surface area contributed by atoms with Crippen molar-refractivity contribution in [1.29, 1.82) is 0 Å². The summed E-state index contributed by atoms with van der Waals surface area (Å²) in [6, 6.07) is 5.58. The summed E-state index contributed by atoms with van der Waals surface area (Å²) >= 11 is 0. The second-order valence-corrected chi connectivity index (χ2v) is 6.56. The molecule has 0 bridgehead atoms. The Morgan fingerprint density at radius 1 is 1.28 bits per heavy atom. The Bertz CT molecular complexity index is 729. The largest absolute Gasteiger partial charge is 0.490 e. The maximum Gasteiger partial charge on any atom is 0.490 e. The summed E-state index contributed by atoms with van der Waals surface area (Å²) < 4.78 is 36.8. The molecule has 2 atom stereocenters. The van der Waals surface area contributed by atoms with Crippen LogP contribution in [-0.4, -0.2) is 82.7 Å². The number of rotatable bonds is 4. The van der Waals surface area contributed by atoms with E-state index in [1.807, 2.05) is 15.9 Å². The molecular weight excluding hydrogens is 395 g/mol. The number of piperidine rings is 1. The normalized spacial score (nSPS) is 21.3. The van der Waals surface area contributed by atoms with Gasteiger partial charge in [-0.25, -0.2) is 4.79 Å². The fourth-order valence-electron chi connectivity index (χ4n) is 3.52. The number of aromatic nitrogens is 1. The summed E-state index contributed by atoms with van der Waals surface area (Å²) in [4.78, 5) is 41.6. The van der Waals surface area contributed by atoms with Crippen molar-refractivity contribution in [3.8, 4) is 0 Å². The summed E-state index contributed by atoms with van der Waals surface area (Å²) in [5.41, 5.74) is 0.475. The van der Waals surface area contributed by atoms with Crippen molar-refractivity contribution >= 4 is 17.8 Å². The molecule has 0 unspecified atom stereocenters. The number of halogens is 3. The van der Waals surface area contributed by atoms with Crippen LogP contribution < -0.4 is 0 Å². The number of nitrogens with zero attached hydrogens (tertiary/aromatic N) is 3. The summed E-state index contributed by atoms with van der Waals surface area (Å²) in [7, 11) is 1.64. The molecule has 1 aromatic heterocycles. The Morgan fingerprint density at radius 3 is 2.52 bits per heavy atom. The van der Waals surface area contributed by atoms with Gasteiger partial charge < -0.3 is 19.6 Å². The molecule has 160 valence electrons.